The van der Waals surface area contributed by atoms with Crippen molar-refractivity contribution in [1.29, 1.82) is 0 Å². The Kier molecular flexibility index (Phi) is 6.27. The molecule has 102 valence electrons. The Morgan fingerprint density at radius 3 is 2.44 bits per heavy atom. The quantitative estimate of drug-likeness (QED) is 0.759. The SMILES string of the molecule is CCCC(C)CC(NCC)c1ccc(F)c(F)c1. The van der Waals surface area contributed by atoms with Gasteiger partial charge in [-0.1, -0.05) is 39.7 Å². The highest BCUT2D eigenvalue weighted by Crippen LogP contribution is 2.25. The van der Waals surface area contributed by atoms with E-state index in [1.807, 2.05) is 6.92 Å². The average Bonchev–Trinajstić information content (AvgIpc) is 2.32. The third-order valence-electron chi connectivity index (χ3n) is 3.22. The van der Waals surface area contributed by atoms with Gasteiger partial charge in [-0.05, 0) is 36.6 Å². The minimum Gasteiger partial charge on any atom is -0.310 e. The van der Waals surface area contributed by atoms with Crippen molar-refractivity contribution in [1.82, 2.24) is 5.32 Å². The number of hydrogen-bond donors (Lipinski definition) is 1. The van der Waals surface area contributed by atoms with Gasteiger partial charge in [-0.25, -0.2) is 8.78 Å². The van der Waals surface area contributed by atoms with Crippen LogP contribution in [0.1, 0.15) is 51.6 Å². The summed E-state index contributed by atoms with van der Waals surface area (Å²) in [5, 5.41) is 3.35. The number of nitrogens with one attached hydrogen (secondary N) is 1. The van der Waals surface area contributed by atoms with Crippen molar-refractivity contribution in [3.63, 3.8) is 0 Å². The average molecular weight is 255 g/mol. The molecule has 0 saturated heterocycles. The van der Waals surface area contributed by atoms with Crippen LogP contribution < -0.4 is 5.32 Å². The van der Waals surface area contributed by atoms with Crippen LogP contribution in [0.2, 0.25) is 0 Å². The molecule has 0 radical (unpaired) electrons. The fourth-order valence-electron chi connectivity index (χ4n) is 2.33. The molecule has 0 spiro atoms. The Hall–Kier alpha value is -0.960. The molecule has 0 aliphatic heterocycles. The predicted octanol–water partition coefficient (Wildman–Crippen LogP) is 4.44. The van der Waals surface area contributed by atoms with Gasteiger partial charge in [0.15, 0.2) is 11.6 Å². The minimum absolute atomic E-state index is 0.103. The van der Waals surface area contributed by atoms with E-state index < -0.39 is 11.6 Å². The highest BCUT2D eigenvalue weighted by Gasteiger charge is 2.15. The van der Waals surface area contributed by atoms with Crippen molar-refractivity contribution >= 4 is 0 Å². The highest BCUT2D eigenvalue weighted by atomic mass is 19.2. The van der Waals surface area contributed by atoms with Gasteiger partial charge in [0.25, 0.3) is 0 Å². The molecule has 3 heteroatoms. The van der Waals surface area contributed by atoms with Crippen LogP contribution >= 0.6 is 0 Å². The van der Waals surface area contributed by atoms with Crippen molar-refractivity contribution < 1.29 is 8.78 Å². The van der Waals surface area contributed by atoms with Gasteiger partial charge >= 0.3 is 0 Å². The maximum Gasteiger partial charge on any atom is 0.159 e. The largest absolute Gasteiger partial charge is 0.310 e. The summed E-state index contributed by atoms with van der Waals surface area (Å²) < 4.78 is 26.2. The maximum absolute atomic E-state index is 13.3. The summed E-state index contributed by atoms with van der Waals surface area (Å²) in [6.07, 6.45) is 3.26. The van der Waals surface area contributed by atoms with Crippen LogP contribution in [0.25, 0.3) is 0 Å². The standard InChI is InChI=1S/C15H23F2N/c1-4-6-11(3)9-15(18-5-2)12-7-8-13(16)14(17)10-12/h7-8,10-11,15,18H,4-6,9H2,1-3H3. The molecule has 0 aliphatic rings. The van der Waals surface area contributed by atoms with Crippen LogP contribution in [-0.4, -0.2) is 6.54 Å². The number of rotatable bonds is 7. The third kappa shape index (κ3) is 4.37. The zero-order valence-electron chi connectivity index (χ0n) is 11.5. The predicted molar refractivity (Wildman–Crippen MR) is 71.5 cm³/mol. The summed E-state index contributed by atoms with van der Waals surface area (Å²) in [6, 6.07) is 4.29. The lowest BCUT2D eigenvalue weighted by Crippen LogP contribution is -2.23. The first kappa shape index (κ1) is 15.1. The van der Waals surface area contributed by atoms with Gasteiger partial charge in [-0.3, -0.25) is 0 Å². The molecule has 1 nitrogen and oxygen atoms in total. The minimum atomic E-state index is -0.782. The van der Waals surface area contributed by atoms with Gasteiger partial charge in [0, 0.05) is 6.04 Å². The van der Waals surface area contributed by atoms with Crippen molar-refractivity contribution in [3.8, 4) is 0 Å². The molecule has 1 aromatic carbocycles. The van der Waals surface area contributed by atoms with Crippen molar-refractivity contribution in [3.05, 3.63) is 35.4 Å². The normalized spacial score (nSPS) is 14.5. The van der Waals surface area contributed by atoms with E-state index >= 15 is 0 Å². The molecule has 18 heavy (non-hydrogen) atoms. The highest BCUT2D eigenvalue weighted by molar-refractivity contribution is 5.21. The van der Waals surface area contributed by atoms with Crippen LogP contribution in [0.15, 0.2) is 18.2 Å². The van der Waals surface area contributed by atoms with Gasteiger partial charge in [-0.2, -0.15) is 0 Å². The van der Waals surface area contributed by atoms with Gasteiger partial charge in [-0.15, -0.1) is 0 Å². The van der Waals surface area contributed by atoms with Crippen molar-refractivity contribution in [2.75, 3.05) is 6.54 Å². The third-order valence-corrected chi connectivity index (χ3v) is 3.22. The topological polar surface area (TPSA) is 12.0 Å². The molecule has 1 rings (SSSR count). The van der Waals surface area contributed by atoms with E-state index in [2.05, 4.69) is 19.2 Å². The molecule has 0 aromatic heterocycles. The lowest BCUT2D eigenvalue weighted by atomic mass is 9.93. The number of hydrogen-bond acceptors (Lipinski definition) is 1. The summed E-state index contributed by atoms with van der Waals surface area (Å²) >= 11 is 0. The Morgan fingerprint density at radius 1 is 1.17 bits per heavy atom. The maximum atomic E-state index is 13.3. The first-order chi connectivity index (χ1) is 8.58. The molecule has 2 atom stereocenters. The van der Waals surface area contributed by atoms with E-state index in [0.717, 1.165) is 31.4 Å². The molecular weight excluding hydrogens is 232 g/mol. The molecule has 2 unspecified atom stereocenters. The van der Waals surface area contributed by atoms with E-state index in [-0.39, 0.29) is 6.04 Å². The van der Waals surface area contributed by atoms with E-state index in [1.165, 1.54) is 12.1 Å². The van der Waals surface area contributed by atoms with E-state index in [1.54, 1.807) is 6.07 Å². The van der Waals surface area contributed by atoms with Crippen LogP contribution in [0.4, 0.5) is 8.78 Å². The summed E-state index contributed by atoms with van der Waals surface area (Å²) in [5.74, 6) is -0.971. The zero-order valence-corrected chi connectivity index (χ0v) is 11.5. The second-order valence-corrected chi connectivity index (χ2v) is 4.91. The summed E-state index contributed by atoms with van der Waals surface area (Å²) in [4.78, 5) is 0. The summed E-state index contributed by atoms with van der Waals surface area (Å²) in [5.41, 5.74) is 0.832. The van der Waals surface area contributed by atoms with Crippen molar-refractivity contribution in [2.24, 2.45) is 5.92 Å². The van der Waals surface area contributed by atoms with Crippen LogP contribution in [0, 0.1) is 17.6 Å². The Bertz CT molecular complexity index is 366. The lowest BCUT2D eigenvalue weighted by molar-refractivity contribution is 0.393. The van der Waals surface area contributed by atoms with Crippen LogP contribution in [-0.2, 0) is 0 Å². The zero-order chi connectivity index (χ0) is 13.5. The van der Waals surface area contributed by atoms with Crippen molar-refractivity contribution in [2.45, 2.75) is 46.1 Å². The summed E-state index contributed by atoms with van der Waals surface area (Å²) in [6.45, 7) is 7.21. The molecule has 1 aromatic rings. The van der Waals surface area contributed by atoms with E-state index in [4.69, 9.17) is 0 Å². The fraction of sp³-hybridized carbons (Fsp3) is 0.600. The molecule has 0 saturated carbocycles. The summed E-state index contributed by atoms with van der Waals surface area (Å²) in [7, 11) is 0. The van der Waals surface area contributed by atoms with Gasteiger partial charge in [0.2, 0.25) is 0 Å². The Labute approximate surface area is 109 Å². The lowest BCUT2D eigenvalue weighted by Gasteiger charge is -2.22. The number of halogens is 2. The van der Waals surface area contributed by atoms with Crippen LogP contribution in [0.3, 0.4) is 0 Å². The molecular formula is C15H23F2N. The molecule has 0 fully saturated rings. The Balaban J connectivity index is 2.79. The molecule has 0 amide bonds. The van der Waals surface area contributed by atoms with Crippen LogP contribution in [0.5, 0.6) is 0 Å². The smallest absolute Gasteiger partial charge is 0.159 e. The second kappa shape index (κ2) is 7.47. The first-order valence-corrected chi connectivity index (χ1v) is 6.76. The second-order valence-electron chi connectivity index (χ2n) is 4.91. The van der Waals surface area contributed by atoms with Gasteiger partial charge in [0.05, 0.1) is 0 Å². The Morgan fingerprint density at radius 2 is 1.89 bits per heavy atom. The van der Waals surface area contributed by atoms with E-state index in [9.17, 15) is 8.78 Å². The van der Waals surface area contributed by atoms with E-state index in [0.29, 0.717) is 5.92 Å². The number of benzene rings is 1. The van der Waals surface area contributed by atoms with Gasteiger partial charge < -0.3 is 5.32 Å². The fourth-order valence-corrected chi connectivity index (χ4v) is 2.33. The molecule has 0 aliphatic carbocycles. The molecule has 0 heterocycles. The molecule has 0 bridgehead atoms. The monoisotopic (exact) mass is 255 g/mol. The first-order valence-electron chi connectivity index (χ1n) is 6.76. The molecule has 1 N–H and O–H groups in total. The van der Waals surface area contributed by atoms with Gasteiger partial charge in [0.1, 0.15) is 0 Å².